The number of aliphatic imine (C=N–C) groups is 2. The number of carbonyl (C=O) groups is 2. The minimum Gasteiger partial charge on any atom is -0.370 e. The van der Waals surface area contributed by atoms with Gasteiger partial charge in [-0.15, -0.1) is 22.7 Å². The summed E-state index contributed by atoms with van der Waals surface area (Å²) >= 11 is 3.18. The monoisotopic (exact) mass is 668 g/mol. The molecule has 0 aliphatic rings. The highest BCUT2D eigenvalue weighted by atomic mass is 32.1. The van der Waals surface area contributed by atoms with E-state index in [4.69, 9.17) is 11.5 Å². The fraction of sp³-hybridized carbons (Fsp3) is 0.438. The van der Waals surface area contributed by atoms with Crippen molar-refractivity contribution >= 4 is 66.6 Å². The van der Waals surface area contributed by atoms with Crippen LogP contribution in [0.25, 0.3) is 20.4 Å². The lowest BCUT2D eigenvalue weighted by atomic mass is 10.1. The fourth-order valence-corrected chi connectivity index (χ4v) is 6.06. The third-order valence-corrected chi connectivity index (χ3v) is 8.85. The predicted molar refractivity (Wildman–Crippen MR) is 194 cm³/mol. The lowest BCUT2D eigenvalue weighted by molar-refractivity contribution is -0.119. The molecule has 4 rings (SSSR count). The molecule has 0 spiro atoms. The quantitative estimate of drug-likeness (QED) is 0.0534. The summed E-state index contributed by atoms with van der Waals surface area (Å²) in [5.41, 5.74) is 13.0. The third kappa shape index (κ3) is 13.2. The number of Topliss-reactive ketones (excluding diaryl/α,β-unsaturated/α-hetero) is 2. The first-order valence-corrected chi connectivity index (χ1v) is 16.8. The average Bonchev–Trinajstić information content (AvgIpc) is 3.67. The van der Waals surface area contributed by atoms with Gasteiger partial charge in [0.15, 0.2) is 16.9 Å². The van der Waals surface area contributed by atoms with Gasteiger partial charge in [0.1, 0.15) is 5.78 Å². The van der Waals surface area contributed by atoms with Gasteiger partial charge in [0.25, 0.3) is 0 Å². The Morgan fingerprint density at radius 1 is 0.783 bits per heavy atom. The lowest BCUT2D eigenvalue weighted by Gasteiger charge is -2.13. The van der Waals surface area contributed by atoms with E-state index in [9.17, 15) is 9.59 Å². The Hall–Kier alpha value is -3.98. The van der Waals surface area contributed by atoms with E-state index in [-0.39, 0.29) is 23.7 Å². The van der Waals surface area contributed by atoms with Crippen molar-refractivity contribution in [3.05, 3.63) is 58.5 Å². The Balaban J connectivity index is 0.000000262. The molecule has 0 aliphatic carbocycles. The first kappa shape index (κ1) is 38.2. The van der Waals surface area contributed by atoms with Gasteiger partial charge in [0.05, 0.1) is 37.5 Å². The van der Waals surface area contributed by atoms with E-state index >= 15 is 0 Å². The maximum absolute atomic E-state index is 12.5. The summed E-state index contributed by atoms with van der Waals surface area (Å²) in [4.78, 5) is 39.9. The molecule has 250 valence electrons. The number of benzene rings is 2. The van der Waals surface area contributed by atoms with Crippen LogP contribution in [-0.4, -0.2) is 86.8 Å². The van der Waals surface area contributed by atoms with Crippen LogP contribution in [0.2, 0.25) is 0 Å². The van der Waals surface area contributed by atoms with Crippen LogP contribution in [0.5, 0.6) is 0 Å². The van der Waals surface area contributed by atoms with E-state index < -0.39 is 0 Å². The van der Waals surface area contributed by atoms with Gasteiger partial charge >= 0.3 is 0 Å². The zero-order valence-electron chi connectivity index (χ0n) is 27.6. The van der Waals surface area contributed by atoms with Crippen LogP contribution >= 0.6 is 22.7 Å². The number of aromatic nitrogens is 2. The Kier molecular flexibility index (Phi) is 17.4. The van der Waals surface area contributed by atoms with Crippen molar-refractivity contribution in [2.24, 2.45) is 21.5 Å². The number of fused-ring (bicyclic) bond motifs is 2. The maximum atomic E-state index is 12.5. The second-order valence-electron chi connectivity index (χ2n) is 10.2. The third-order valence-electron chi connectivity index (χ3n) is 6.84. The van der Waals surface area contributed by atoms with Gasteiger partial charge in [0, 0.05) is 27.2 Å². The number of ketones is 2. The number of para-hydroxylation sites is 2. The number of hydrogen-bond donors (Lipinski definition) is 6. The van der Waals surface area contributed by atoms with Crippen LogP contribution in [0.15, 0.2) is 58.5 Å². The minimum absolute atomic E-state index is 0.0424. The highest BCUT2D eigenvalue weighted by Crippen LogP contribution is 2.23. The molecule has 0 amide bonds. The van der Waals surface area contributed by atoms with Gasteiger partial charge in [-0.2, -0.15) is 0 Å². The minimum atomic E-state index is -0.234. The molecule has 0 aliphatic heterocycles. The summed E-state index contributed by atoms with van der Waals surface area (Å²) in [5.74, 6) is 1.07. The van der Waals surface area contributed by atoms with Gasteiger partial charge in [0.2, 0.25) is 5.78 Å². The molecule has 0 fully saturated rings. The molecule has 4 aromatic rings. The highest BCUT2D eigenvalue weighted by Gasteiger charge is 2.21. The number of likely N-dealkylation sites (N-methyl/N-ethyl adjacent to an activating group) is 2. The maximum Gasteiger partial charge on any atom is 0.208 e. The van der Waals surface area contributed by atoms with E-state index in [1.54, 1.807) is 46.5 Å². The van der Waals surface area contributed by atoms with E-state index in [0.29, 0.717) is 23.5 Å². The van der Waals surface area contributed by atoms with Crippen LogP contribution in [0.1, 0.15) is 47.4 Å². The number of guanidine groups is 2. The Morgan fingerprint density at radius 3 is 1.72 bits per heavy atom. The van der Waals surface area contributed by atoms with Gasteiger partial charge in [-0.3, -0.25) is 19.6 Å². The van der Waals surface area contributed by atoms with Crippen molar-refractivity contribution in [2.45, 2.75) is 51.6 Å². The van der Waals surface area contributed by atoms with Gasteiger partial charge < -0.3 is 32.7 Å². The molecular weight excluding hydrogens is 621 g/mol. The number of carbonyl (C=O) groups excluding carboxylic acids is 2. The molecule has 2 atom stereocenters. The topological polar surface area (TPSA) is 185 Å². The fourth-order valence-electron chi connectivity index (χ4n) is 4.27. The van der Waals surface area contributed by atoms with E-state index in [1.165, 1.54) is 16.0 Å². The summed E-state index contributed by atoms with van der Waals surface area (Å²) in [6.07, 6.45) is 3.24. The molecule has 12 nitrogen and oxygen atoms in total. The summed E-state index contributed by atoms with van der Waals surface area (Å²) in [5, 5.41) is 13.7. The molecular formula is C32H48N10O2S2. The summed E-state index contributed by atoms with van der Waals surface area (Å²) in [6, 6.07) is 15.7. The van der Waals surface area contributed by atoms with Crippen molar-refractivity contribution < 1.29 is 9.59 Å². The molecule has 2 aromatic heterocycles. The zero-order chi connectivity index (χ0) is 33.9. The Morgan fingerprint density at radius 2 is 1.26 bits per heavy atom. The SMILES string of the molecule is CN=C(N)NCCC[C@H](NC)C(=O)c1nc2ccccc2s1.CN=C(N)NCCC[C@H](NC)C(C)=O.Cc1nc2ccccc2s1. The van der Waals surface area contributed by atoms with Crippen LogP contribution in [0.4, 0.5) is 0 Å². The zero-order valence-corrected chi connectivity index (χ0v) is 29.2. The number of thiazole rings is 2. The normalized spacial score (nSPS) is 12.8. The second-order valence-corrected chi connectivity index (χ2v) is 12.5. The molecule has 46 heavy (non-hydrogen) atoms. The molecule has 0 saturated carbocycles. The molecule has 8 N–H and O–H groups in total. The van der Waals surface area contributed by atoms with Crippen molar-refractivity contribution in [1.29, 1.82) is 0 Å². The Bertz CT molecular complexity index is 1500. The lowest BCUT2D eigenvalue weighted by Crippen LogP contribution is -2.36. The summed E-state index contributed by atoms with van der Waals surface area (Å²) in [7, 11) is 6.86. The van der Waals surface area contributed by atoms with Gasteiger partial charge in [-0.1, -0.05) is 24.3 Å². The van der Waals surface area contributed by atoms with Crippen LogP contribution < -0.4 is 32.7 Å². The van der Waals surface area contributed by atoms with Gasteiger partial charge in [-0.25, -0.2) is 9.97 Å². The molecule has 0 saturated heterocycles. The van der Waals surface area contributed by atoms with E-state index in [2.05, 4.69) is 47.3 Å². The molecule has 0 radical (unpaired) electrons. The first-order valence-electron chi connectivity index (χ1n) is 15.1. The van der Waals surface area contributed by atoms with Crippen molar-refractivity contribution in [1.82, 2.24) is 31.2 Å². The average molecular weight is 669 g/mol. The van der Waals surface area contributed by atoms with Crippen molar-refractivity contribution in [3.63, 3.8) is 0 Å². The second kappa shape index (κ2) is 20.9. The highest BCUT2D eigenvalue weighted by molar-refractivity contribution is 7.20. The Labute approximate surface area is 279 Å². The molecule has 2 aromatic carbocycles. The number of nitrogens with zero attached hydrogens (tertiary/aromatic N) is 4. The number of rotatable bonds is 13. The molecule has 0 unspecified atom stereocenters. The predicted octanol–water partition coefficient (Wildman–Crippen LogP) is 3.46. The van der Waals surface area contributed by atoms with Crippen molar-refractivity contribution in [2.75, 3.05) is 41.3 Å². The molecule has 0 bridgehead atoms. The first-order chi connectivity index (χ1) is 22.1. The number of nitrogens with two attached hydrogens (primary N) is 2. The van der Waals surface area contributed by atoms with Crippen LogP contribution in [0, 0.1) is 6.92 Å². The molecule has 14 heteroatoms. The van der Waals surface area contributed by atoms with Gasteiger partial charge in [-0.05, 0) is 77.9 Å². The smallest absolute Gasteiger partial charge is 0.208 e. The number of hydrogen-bond acceptors (Lipinski definition) is 10. The summed E-state index contributed by atoms with van der Waals surface area (Å²) < 4.78 is 2.31. The molecule has 2 heterocycles. The van der Waals surface area contributed by atoms with Crippen molar-refractivity contribution in [3.8, 4) is 0 Å². The van der Waals surface area contributed by atoms with E-state index in [0.717, 1.165) is 53.0 Å². The number of aryl methyl sites for hydroxylation is 1. The summed E-state index contributed by atoms with van der Waals surface area (Å²) in [6.45, 7) is 5.06. The number of nitrogens with one attached hydrogen (secondary N) is 4. The van der Waals surface area contributed by atoms with Crippen LogP contribution in [0.3, 0.4) is 0 Å². The largest absolute Gasteiger partial charge is 0.370 e. The standard InChI is InChI=1S/C15H21N5OS.C9H20N4O.C8H7NS/c1-17-11(7-5-9-19-15(16)18-2)13(21)14-20-10-6-3-4-8-12(10)22-14;1-7(14)8(11-2)5-4-6-13-9(10)12-3;1-6-9-7-4-2-3-5-8(7)10-6/h3-4,6,8,11,17H,5,7,9H2,1-2H3,(H3,16,18,19);8,11H,4-6H2,1-3H3,(H3,10,12,13);2-5H,1H3/t11-;8-;/m00./s1. The van der Waals surface area contributed by atoms with E-state index in [1.807, 2.05) is 49.4 Å². The van der Waals surface area contributed by atoms with Crippen LogP contribution in [-0.2, 0) is 4.79 Å².